The fraction of sp³-hybridized carbons (Fsp3) is 0.429. The maximum absolute atomic E-state index is 14.7. The van der Waals surface area contributed by atoms with E-state index in [1.54, 1.807) is 0 Å². The second-order valence-electron chi connectivity index (χ2n) is 7.51. The first kappa shape index (κ1) is 19.7. The molecule has 1 saturated carbocycles. The van der Waals surface area contributed by atoms with Crippen molar-refractivity contribution in [3.8, 4) is 18.2 Å². The van der Waals surface area contributed by atoms with Crippen LogP contribution in [0.1, 0.15) is 25.3 Å². The summed E-state index contributed by atoms with van der Waals surface area (Å²) in [6.07, 6.45) is 1.85. The van der Waals surface area contributed by atoms with Crippen molar-refractivity contribution >= 4 is 5.71 Å². The van der Waals surface area contributed by atoms with Crippen LogP contribution < -0.4 is 0 Å². The summed E-state index contributed by atoms with van der Waals surface area (Å²) in [7, 11) is 0. The maximum Gasteiger partial charge on any atom is 0.189 e. The summed E-state index contributed by atoms with van der Waals surface area (Å²) in [5.41, 5.74) is -1.68. The molecule has 2 aliphatic rings. The van der Waals surface area contributed by atoms with Gasteiger partial charge in [-0.1, -0.05) is 12.1 Å². The molecule has 5 nitrogen and oxygen atoms in total. The lowest BCUT2D eigenvalue weighted by molar-refractivity contribution is 0.170. The highest BCUT2D eigenvalue weighted by molar-refractivity contribution is 6.00. The van der Waals surface area contributed by atoms with Crippen molar-refractivity contribution in [2.75, 3.05) is 13.1 Å². The Labute approximate surface area is 162 Å². The van der Waals surface area contributed by atoms with Gasteiger partial charge in [0.05, 0.1) is 23.9 Å². The van der Waals surface area contributed by atoms with Gasteiger partial charge in [-0.2, -0.15) is 15.8 Å². The van der Waals surface area contributed by atoms with Gasteiger partial charge in [-0.15, -0.1) is 0 Å². The van der Waals surface area contributed by atoms with Gasteiger partial charge in [-0.3, -0.25) is 4.90 Å². The third-order valence-electron chi connectivity index (χ3n) is 5.85. The highest BCUT2D eigenvalue weighted by atomic mass is 19.1. The highest BCUT2D eigenvalue weighted by Crippen LogP contribution is 2.53. The van der Waals surface area contributed by atoms with E-state index in [-0.39, 0.29) is 17.3 Å². The standard InChI is InChI=1S/C21H19F2N5/c1-12(2)28-6-5-14-16(8-24)20(27)21(10-25,11-26)19(17(14)9-28)15-4-3-13(22)7-18(15)23/h3-5,7,12,16-17,19,27H,6,9H2,1-2H3/t16?,17-,19-/m0/s1. The molecule has 0 amide bonds. The number of nitriles is 3. The van der Waals surface area contributed by atoms with Gasteiger partial charge in [0.2, 0.25) is 0 Å². The number of benzene rings is 1. The third-order valence-corrected chi connectivity index (χ3v) is 5.85. The van der Waals surface area contributed by atoms with E-state index in [9.17, 15) is 24.6 Å². The minimum atomic E-state index is -2.00. The maximum atomic E-state index is 14.7. The first-order valence-corrected chi connectivity index (χ1v) is 9.00. The smallest absolute Gasteiger partial charge is 0.189 e. The van der Waals surface area contributed by atoms with Crippen LogP contribution in [0.3, 0.4) is 0 Å². The molecule has 1 fully saturated rings. The van der Waals surface area contributed by atoms with Crippen LogP contribution in [-0.2, 0) is 0 Å². The number of nitrogens with one attached hydrogen (secondary N) is 1. The van der Waals surface area contributed by atoms with Crippen molar-refractivity contribution in [1.82, 2.24) is 4.90 Å². The Morgan fingerprint density at radius 3 is 2.43 bits per heavy atom. The van der Waals surface area contributed by atoms with Crippen LogP contribution in [0.25, 0.3) is 0 Å². The van der Waals surface area contributed by atoms with E-state index in [4.69, 9.17) is 5.41 Å². The molecule has 0 spiro atoms. The molecule has 1 aliphatic heterocycles. The molecule has 0 bridgehead atoms. The van der Waals surface area contributed by atoms with Crippen LogP contribution in [0.15, 0.2) is 29.8 Å². The number of fused-ring (bicyclic) bond motifs is 1. The summed E-state index contributed by atoms with van der Waals surface area (Å²) in [5, 5.41) is 38.0. The van der Waals surface area contributed by atoms with Crippen molar-refractivity contribution in [3.63, 3.8) is 0 Å². The summed E-state index contributed by atoms with van der Waals surface area (Å²) in [5.74, 6) is -4.13. The van der Waals surface area contributed by atoms with Crippen molar-refractivity contribution in [2.45, 2.75) is 25.8 Å². The monoisotopic (exact) mass is 379 g/mol. The van der Waals surface area contributed by atoms with Gasteiger partial charge in [0.15, 0.2) is 5.41 Å². The Hall–Kier alpha value is -3.08. The average Bonchev–Trinajstić information content (AvgIpc) is 2.67. The summed E-state index contributed by atoms with van der Waals surface area (Å²) < 4.78 is 28.2. The number of nitrogens with zero attached hydrogens (tertiary/aromatic N) is 4. The van der Waals surface area contributed by atoms with Crippen LogP contribution in [0.2, 0.25) is 0 Å². The highest BCUT2D eigenvalue weighted by Gasteiger charge is 2.58. The van der Waals surface area contributed by atoms with E-state index in [1.165, 1.54) is 6.07 Å². The summed E-state index contributed by atoms with van der Waals surface area (Å²) in [6.45, 7) is 4.99. The topological polar surface area (TPSA) is 98.5 Å². The molecule has 7 heteroatoms. The largest absolute Gasteiger partial charge is 0.305 e. The lowest BCUT2D eigenvalue weighted by Gasteiger charge is -2.48. The molecular weight excluding hydrogens is 360 g/mol. The van der Waals surface area contributed by atoms with E-state index in [2.05, 4.69) is 4.90 Å². The Balaban J connectivity index is 2.28. The summed E-state index contributed by atoms with van der Waals surface area (Å²) >= 11 is 0. The van der Waals surface area contributed by atoms with Crippen molar-refractivity contribution in [3.05, 3.63) is 47.0 Å². The third kappa shape index (κ3) is 2.78. The Morgan fingerprint density at radius 2 is 1.89 bits per heavy atom. The molecule has 3 rings (SSSR count). The summed E-state index contributed by atoms with van der Waals surface area (Å²) in [6, 6.07) is 9.08. The van der Waals surface area contributed by atoms with Crippen molar-refractivity contribution in [1.29, 1.82) is 21.2 Å². The van der Waals surface area contributed by atoms with Gasteiger partial charge < -0.3 is 5.41 Å². The second-order valence-corrected chi connectivity index (χ2v) is 7.51. The van der Waals surface area contributed by atoms with Gasteiger partial charge in [0.25, 0.3) is 0 Å². The molecule has 1 aromatic rings. The Kier molecular flexibility index (Phi) is 5.02. The molecule has 1 heterocycles. The quantitative estimate of drug-likeness (QED) is 0.795. The first-order chi connectivity index (χ1) is 13.3. The fourth-order valence-corrected chi connectivity index (χ4v) is 4.35. The van der Waals surface area contributed by atoms with Crippen LogP contribution in [0, 0.1) is 68.3 Å². The number of hydrogen-bond acceptors (Lipinski definition) is 5. The van der Waals surface area contributed by atoms with Crippen LogP contribution in [0.4, 0.5) is 8.78 Å². The normalized spacial score (nSPS) is 26.6. The minimum absolute atomic E-state index is 0.0205. The number of halogens is 2. The Morgan fingerprint density at radius 1 is 1.21 bits per heavy atom. The van der Waals surface area contributed by atoms with Gasteiger partial charge in [0, 0.05) is 37.0 Å². The minimum Gasteiger partial charge on any atom is -0.305 e. The molecule has 0 saturated heterocycles. The van der Waals surface area contributed by atoms with Crippen LogP contribution >= 0.6 is 0 Å². The van der Waals surface area contributed by atoms with Crippen LogP contribution in [-0.4, -0.2) is 29.7 Å². The zero-order valence-electron chi connectivity index (χ0n) is 15.6. The molecule has 3 atom stereocenters. The molecule has 0 aromatic heterocycles. The SMILES string of the molecule is CC(C)N1CC=C2C(C#N)C(=N)C(C#N)(C#N)[C@@H](c3ccc(F)cc3F)[C@H]2C1. The van der Waals surface area contributed by atoms with Gasteiger partial charge in [0.1, 0.15) is 17.6 Å². The van der Waals surface area contributed by atoms with E-state index >= 15 is 0 Å². The zero-order valence-corrected chi connectivity index (χ0v) is 15.6. The molecular formula is C21H19F2N5. The molecule has 142 valence electrons. The van der Waals surface area contributed by atoms with Gasteiger partial charge >= 0.3 is 0 Å². The summed E-state index contributed by atoms with van der Waals surface area (Å²) in [4.78, 5) is 2.10. The van der Waals surface area contributed by atoms with Crippen LogP contribution in [0.5, 0.6) is 0 Å². The number of hydrogen-bond donors (Lipinski definition) is 1. The lowest BCUT2D eigenvalue weighted by Crippen LogP contribution is -2.53. The fourth-order valence-electron chi connectivity index (χ4n) is 4.35. The van der Waals surface area contributed by atoms with E-state index in [0.29, 0.717) is 18.7 Å². The van der Waals surface area contributed by atoms with Crippen molar-refractivity contribution in [2.24, 2.45) is 17.3 Å². The predicted molar refractivity (Wildman–Crippen MR) is 97.9 cm³/mol. The predicted octanol–water partition coefficient (Wildman–Crippen LogP) is 3.52. The zero-order chi connectivity index (χ0) is 20.6. The molecule has 28 heavy (non-hydrogen) atoms. The first-order valence-electron chi connectivity index (χ1n) is 9.00. The van der Waals surface area contributed by atoms with Crippen molar-refractivity contribution < 1.29 is 8.78 Å². The Bertz CT molecular complexity index is 962. The van der Waals surface area contributed by atoms with E-state index < -0.39 is 34.8 Å². The van der Waals surface area contributed by atoms with E-state index in [0.717, 1.165) is 12.1 Å². The molecule has 0 radical (unpaired) electrons. The molecule has 1 N–H and O–H groups in total. The lowest BCUT2D eigenvalue weighted by atomic mass is 9.54. The number of rotatable bonds is 2. The van der Waals surface area contributed by atoms with Gasteiger partial charge in [-0.05, 0) is 31.1 Å². The second kappa shape index (κ2) is 7.15. The molecule has 1 aromatic carbocycles. The van der Waals surface area contributed by atoms with Gasteiger partial charge in [-0.25, -0.2) is 8.78 Å². The van der Waals surface area contributed by atoms with E-state index in [1.807, 2.05) is 38.1 Å². The molecule has 1 unspecified atom stereocenters. The molecule has 1 aliphatic carbocycles. The average molecular weight is 379 g/mol.